The Hall–Kier alpha value is -2.75. The number of carbonyl (C=O) groups excluding carboxylic acids is 1. The first-order valence-electron chi connectivity index (χ1n) is 11.1. The topological polar surface area (TPSA) is 97.5 Å². The van der Waals surface area contributed by atoms with Gasteiger partial charge in [0.25, 0.3) is 5.91 Å². The number of fused-ring (bicyclic) bond motifs is 3. The minimum atomic E-state index is -0.842. The molecule has 3 saturated carbocycles. The summed E-state index contributed by atoms with van der Waals surface area (Å²) in [5.74, 6) is -0.906. The Kier molecular flexibility index (Phi) is 6.19. The second kappa shape index (κ2) is 9.04. The van der Waals surface area contributed by atoms with Crippen LogP contribution in [0.25, 0.3) is 11.5 Å². The highest BCUT2D eigenvalue weighted by molar-refractivity contribution is 6.31. The number of aliphatic hydroxyl groups excluding tert-OH is 1. The lowest BCUT2D eigenvalue weighted by Crippen LogP contribution is -2.66. The number of carbonyl (C=O) groups is 1. The molecule has 0 radical (unpaired) electrons. The summed E-state index contributed by atoms with van der Waals surface area (Å²) in [6, 6.07) is 8.17. The van der Waals surface area contributed by atoms with E-state index in [0.717, 1.165) is 6.07 Å². The molecular formula is C24H21Cl2F2N3O4. The van der Waals surface area contributed by atoms with Crippen molar-refractivity contribution in [1.82, 2.24) is 15.5 Å². The van der Waals surface area contributed by atoms with Crippen LogP contribution in [-0.2, 0) is 10.2 Å². The summed E-state index contributed by atoms with van der Waals surface area (Å²) < 4.78 is 38.7. The lowest BCUT2D eigenvalue weighted by Gasteiger charge is -2.54. The first kappa shape index (κ1) is 24.0. The molecule has 0 saturated heterocycles. The molecule has 1 aromatic heterocycles. The number of rotatable bonds is 6. The summed E-state index contributed by atoms with van der Waals surface area (Å²) in [7, 11) is 0. The molecule has 1 atom stereocenters. The van der Waals surface area contributed by atoms with E-state index in [2.05, 4.69) is 15.5 Å². The Morgan fingerprint density at radius 2 is 1.77 bits per heavy atom. The average molecular weight is 524 g/mol. The predicted molar refractivity (Wildman–Crippen MR) is 123 cm³/mol. The Bertz CT molecular complexity index is 1280. The van der Waals surface area contributed by atoms with Gasteiger partial charge in [0.15, 0.2) is 6.61 Å². The number of hydrogen-bond acceptors (Lipinski definition) is 6. The number of nitrogens with one attached hydrogen (secondary N) is 1. The molecule has 2 N–H and O–H groups in total. The molecule has 2 aromatic carbocycles. The van der Waals surface area contributed by atoms with Crippen LogP contribution >= 0.6 is 23.2 Å². The number of aliphatic hydroxyl groups is 1. The highest BCUT2D eigenvalue weighted by Crippen LogP contribution is 2.53. The lowest BCUT2D eigenvalue weighted by atomic mass is 9.55. The summed E-state index contributed by atoms with van der Waals surface area (Å²) in [5.41, 5.74) is -0.911. The monoisotopic (exact) mass is 523 g/mol. The van der Waals surface area contributed by atoms with Crippen LogP contribution in [0.1, 0.15) is 38.0 Å². The van der Waals surface area contributed by atoms with Crippen LogP contribution in [0.5, 0.6) is 5.75 Å². The van der Waals surface area contributed by atoms with E-state index < -0.39 is 34.6 Å². The minimum absolute atomic E-state index is 0.00103. The molecule has 0 spiro atoms. The maximum atomic E-state index is 13.8. The van der Waals surface area contributed by atoms with Crippen LogP contribution in [-0.4, -0.2) is 39.5 Å². The van der Waals surface area contributed by atoms with Gasteiger partial charge < -0.3 is 19.6 Å². The van der Waals surface area contributed by atoms with Crippen molar-refractivity contribution in [2.24, 2.45) is 0 Å². The van der Waals surface area contributed by atoms with Gasteiger partial charge in [-0.2, -0.15) is 0 Å². The number of aromatic nitrogens is 2. The summed E-state index contributed by atoms with van der Waals surface area (Å²) in [6.07, 6.45) is 1.72. The third kappa shape index (κ3) is 4.48. The summed E-state index contributed by atoms with van der Waals surface area (Å²) in [6.45, 7) is -0.328. The van der Waals surface area contributed by atoms with Gasteiger partial charge >= 0.3 is 0 Å². The zero-order valence-electron chi connectivity index (χ0n) is 18.4. The van der Waals surface area contributed by atoms with Crippen molar-refractivity contribution in [2.45, 2.75) is 49.2 Å². The van der Waals surface area contributed by atoms with Crippen LogP contribution in [0.4, 0.5) is 8.78 Å². The number of amides is 1. The van der Waals surface area contributed by atoms with Gasteiger partial charge in [-0.25, -0.2) is 8.78 Å². The van der Waals surface area contributed by atoms with Gasteiger partial charge in [0.05, 0.1) is 27.1 Å². The molecule has 3 aromatic rings. The van der Waals surface area contributed by atoms with Gasteiger partial charge in [-0.15, -0.1) is 10.2 Å². The molecule has 1 heterocycles. The van der Waals surface area contributed by atoms with E-state index in [0.29, 0.717) is 43.6 Å². The first-order valence-corrected chi connectivity index (χ1v) is 11.8. The van der Waals surface area contributed by atoms with E-state index in [1.807, 2.05) is 0 Å². The quantitative estimate of drug-likeness (QED) is 0.480. The molecule has 35 heavy (non-hydrogen) atoms. The lowest BCUT2D eigenvalue weighted by molar-refractivity contribution is -0.132. The van der Waals surface area contributed by atoms with Gasteiger partial charge in [-0.05, 0) is 62.4 Å². The summed E-state index contributed by atoms with van der Waals surface area (Å²) in [4.78, 5) is 12.6. The minimum Gasteiger partial charge on any atom is -0.484 e. The molecule has 1 unspecified atom stereocenters. The smallest absolute Gasteiger partial charge is 0.258 e. The van der Waals surface area contributed by atoms with E-state index in [4.69, 9.17) is 32.4 Å². The zero-order chi connectivity index (χ0) is 24.8. The molecule has 3 aliphatic carbocycles. The molecule has 184 valence electrons. The Morgan fingerprint density at radius 3 is 2.43 bits per heavy atom. The second-order valence-corrected chi connectivity index (χ2v) is 9.92. The Labute approximate surface area is 209 Å². The van der Waals surface area contributed by atoms with Crippen LogP contribution in [0.15, 0.2) is 40.8 Å². The van der Waals surface area contributed by atoms with Gasteiger partial charge in [-0.1, -0.05) is 23.2 Å². The van der Waals surface area contributed by atoms with Gasteiger partial charge in [0.2, 0.25) is 11.8 Å². The molecular weight excluding hydrogens is 503 g/mol. The molecule has 3 fully saturated rings. The van der Waals surface area contributed by atoms with Crippen molar-refractivity contribution in [2.75, 3.05) is 6.61 Å². The van der Waals surface area contributed by atoms with Crippen molar-refractivity contribution in [3.05, 3.63) is 64.0 Å². The van der Waals surface area contributed by atoms with Crippen LogP contribution in [0.3, 0.4) is 0 Å². The van der Waals surface area contributed by atoms with Gasteiger partial charge in [0, 0.05) is 11.6 Å². The predicted octanol–water partition coefficient (Wildman–Crippen LogP) is 4.83. The fourth-order valence-corrected chi connectivity index (χ4v) is 5.23. The van der Waals surface area contributed by atoms with E-state index in [1.165, 1.54) is 24.3 Å². The molecule has 11 heteroatoms. The fraction of sp³-hybridized carbons (Fsp3) is 0.375. The van der Waals surface area contributed by atoms with Crippen LogP contribution in [0, 0.1) is 11.6 Å². The van der Waals surface area contributed by atoms with Crippen molar-refractivity contribution >= 4 is 29.1 Å². The van der Waals surface area contributed by atoms with E-state index in [-0.39, 0.29) is 28.3 Å². The van der Waals surface area contributed by atoms with Crippen LogP contribution < -0.4 is 10.1 Å². The van der Waals surface area contributed by atoms with Gasteiger partial charge in [0.1, 0.15) is 17.4 Å². The largest absolute Gasteiger partial charge is 0.484 e. The molecule has 7 nitrogen and oxygen atoms in total. The third-order valence-electron chi connectivity index (χ3n) is 7.02. The number of halogens is 4. The number of benzene rings is 2. The number of nitrogens with zero attached hydrogens (tertiary/aromatic N) is 2. The van der Waals surface area contributed by atoms with E-state index in [9.17, 15) is 18.7 Å². The average Bonchev–Trinajstić information content (AvgIpc) is 3.34. The molecule has 1 amide bonds. The Morgan fingerprint density at radius 1 is 1.09 bits per heavy atom. The van der Waals surface area contributed by atoms with Crippen molar-refractivity contribution in [1.29, 1.82) is 0 Å². The van der Waals surface area contributed by atoms with Crippen molar-refractivity contribution in [3.8, 4) is 17.2 Å². The molecule has 3 aliphatic rings. The number of hydrogen-bond donors (Lipinski definition) is 2. The fourth-order valence-electron chi connectivity index (χ4n) is 5.00. The summed E-state index contributed by atoms with van der Waals surface area (Å²) >= 11 is 11.4. The summed E-state index contributed by atoms with van der Waals surface area (Å²) in [5, 5.41) is 22.1. The Balaban J connectivity index is 1.24. The highest BCUT2D eigenvalue weighted by atomic mass is 35.5. The first-order chi connectivity index (χ1) is 16.7. The van der Waals surface area contributed by atoms with Crippen molar-refractivity contribution < 1.29 is 27.8 Å². The highest BCUT2D eigenvalue weighted by Gasteiger charge is 2.57. The van der Waals surface area contributed by atoms with Gasteiger partial charge in [-0.3, -0.25) is 4.79 Å². The van der Waals surface area contributed by atoms with E-state index in [1.54, 1.807) is 6.07 Å². The maximum Gasteiger partial charge on any atom is 0.258 e. The van der Waals surface area contributed by atoms with E-state index >= 15 is 0 Å². The van der Waals surface area contributed by atoms with Crippen LogP contribution in [0.2, 0.25) is 10.0 Å². The SMILES string of the molecule is O=C(COc1ccc(Cl)c(F)c1)NC12CCC(c3nnc(-c4ccc(Cl)c(F)c4)o3)(CC1)CC2O. The number of ether oxygens (including phenoxy) is 1. The normalized spacial score (nSPS) is 25.5. The second-order valence-electron chi connectivity index (χ2n) is 9.11. The maximum absolute atomic E-state index is 13.8. The zero-order valence-corrected chi connectivity index (χ0v) is 19.9. The molecule has 6 rings (SSSR count). The molecule has 2 bridgehead atoms. The molecule has 0 aliphatic heterocycles. The standard InChI is InChI=1S/C24H21Cl2F2N3O4/c25-15-3-1-13(9-17(15)27)21-30-31-22(35-21)23-5-7-24(8-6-23,19(32)11-23)29-20(33)12-34-14-2-4-16(26)18(28)10-14/h1-4,9-10,19,32H,5-8,11-12H2,(H,29,33). The third-order valence-corrected chi connectivity index (χ3v) is 7.63. The van der Waals surface area contributed by atoms with Crippen molar-refractivity contribution in [3.63, 3.8) is 0 Å².